The van der Waals surface area contributed by atoms with Crippen molar-refractivity contribution in [2.24, 2.45) is 5.41 Å². The van der Waals surface area contributed by atoms with Gasteiger partial charge in [-0.3, -0.25) is 19.5 Å². The molecule has 8 heteroatoms. The first-order chi connectivity index (χ1) is 14.2. The maximum atomic E-state index is 12.6. The number of aromatic nitrogens is 2. The van der Waals surface area contributed by atoms with Gasteiger partial charge in [-0.15, -0.1) is 0 Å². The van der Waals surface area contributed by atoms with E-state index in [-0.39, 0.29) is 11.9 Å². The fourth-order valence-corrected chi connectivity index (χ4v) is 4.33. The van der Waals surface area contributed by atoms with Crippen molar-refractivity contribution < 1.29 is 9.59 Å². The average Bonchev–Trinajstić information content (AvgIpc) is 3.10. The van der Waals surface area contributed by atoms with Crippen LogP contribution in [0.2, 0.25) is 0 Å². The molecule has 2 aromatic rings. The second kappa shape index (κ2) is 8.00. The highest BCUT2D eigenvalue weighted by atomic mass is 16.2. The Kier molecular flexibility index (Phi) is 5.55. The maximum absolute atomic E-state index is 12.6. The summed E-state index contributed by atoms with van der Waals surface area (Å²) < 4.78 is 1.80. The number of hydrogen-bond donors (Lipinski definition) is 0. The molecule has 162 valence electrons. The molecule has 0 bridgehead atoms. The molecule has 30 heavy (non-hydrogen) atoms. The quantitative estimate of drug-likeness (QED) is 0.771. The molecule has 0 saturated carbocycles. The fraction of sp³-hybridized carbons (Fsp3) is 0.591. The number of imide groups is 1. The Hall–Kier alpha value is -2.45. The van der Waals surface area contributed by atoms with Gasteiger partial charge in [0.1, 0.15) is 0 Å². The Labute approximate surface area is 178 Å². The first kappa shape index (κ1) is 20.8. The lowest BCUT2D eigenvalue weighted by Gasteiger charge is -2.37. The number of hydrogen-bond acceptors (Lipinski definition) is 5. The third-order valence-electron chi connectivity index (χ3n) is 5.87. The molecule has 2 aromatic heterocycles. The highest BCUT2D eigenvalue weighted by Crippen LogP contribution is 2.26. The molecule has 4 heterocycles. The summed E-state index contributed by atoms with van der Waals surface area (Å²) in [4.78, 5) is 32.3. The first-order valence-corrected chi connectivity index (χ1v) is 10.7. The van der Waals surface area contributed by atoms with Crippen LogP contribution in [0.1, 0.15) is 32.8 Å². The summed E-state index contributed by atoms with van der Waals surface area (Å²) in [6, 6.07) is 3.92. The van der Waals surface area contributed by atoms with E-state index in [2.05, 4.69) is 47.8 Å². The molecular weight excluding hydrogens is 380 g/mol. The Bertz CT molecular complexity index is 939. The van der Waals surface area contributed by atoms with Crippen molar-refractivity contribution in [1.29, 1.82) is 0 Å². The smallest absolute Gasteiger partial charge is 0.300 e. The van der Waals surface area contributed by atoms with Crippen molar-refractivity contribution in [3.8, 4) is 0 Å². The van der Waals surface area contributed by atoms with Crippen LogP contribution in [0.5, 0.6) is 0 Å². The van der Waals surface area contributed by atoms with Gasteiger partial charge in [0.2, 0.25) is 5.91 Å². The number of urea groups is 1. The normalized spacial score (nSPS) is 19.9. The second-order valence-electron chi connectivity index (χ2n) is 9.64. The van der Waals surface area contributed by atoms with Gasteiger partial charge in [-0.25, -0.2) is 9.31 Å². The van der Waals surface area contributed by atoms with Crippen LogP contribution in [0.15, 0.2) is 24.5 Å². The van der Waals surface area contributed by atoms with Crippen LogP contribution in [0.25, 0.3) is 5.52 Å². The SMILES string of the molecule is CN1C(=O)CCN(c2cnn3ccc(CN4CCN(CC(C)(C)C)CC4)cc23)C1=O. The molecule has 0 spiro atoms. The molecule has 0 atom stereocenters. The molecular formula is C22H32N6O2. The topological polar surface area (TPSA) is 64.4 Å². The summed E-state index contributed by atoms with van der Waals surface area (Å²) in [6.45, 7) is 13.6. The van der Waals surface area contributed by atoms with Crippen LogP contribution in [-0.4, -0.2) is 82.6 Å². The maximum Gasteiger partial charge on any atom is 0.331 e. The zero-order valence-electron chi connectivity index (χ0n) is 18.5. The number of amides is 3. The molecule has 2 aliphatic heterocycles. The zero-order chi connectivity index (χ0) is 21.5. The highest BCUT2D eigenvalue weighted by molar-refractivity contribution is 6.07. The van der Waals surface area contributed by atoms with Gasteiger partial charge in [-0.2, -0.15) is 5.10 Å². The lowest BCUT2D eigenvalue weighted by molar-refractivity contribution is -0.127. The predicted octanol–water partition coefficient (Wildman–Crippen LogP) is 2.29. The number of carbonyl (C=O) groups excluding carboxylic acids is 2. The van der Waals surface area contributed by atoms with Crippen molar-refractivity contribution in [3.05, 3.63) is 30.1 Å². The summed E-state index contributed by atoms with van der Waals surface area (Å²) in [5, 5.41) is 4.40. The summed E-state index contributed by atoms with van der Waals surface area (Å²) in [5.41, 5.74) is 3.20. The zero-order valence-corrected chi connectivity index (χ0v) is 18.5. The molecule has 3 amide bonds. The minimum Gasteiger partial charge on any atom is -0.300 e. The molecule has 8 nitrogen and oxygen atoms in total. The first-order valence-electron chi connectivity index (χ1n) is 10.7. The summed E-state index contributed by atoms with van der Waals surface area (Å²) in [7, 11) is 1.53. The fourth-order valence-electron chi connectivity index (χ4n) is 4.33. The van der Waals surface area contributed by atoms with Crippen LogP contribution in [0.4, 0.5) is 10.5 Å². The van der Waals surface area contributed by atoms with Crippen LogP contribution in [-0.2, 0) is 11.3 Å². The third kappa shape index (κ3) is 4.34. The molecule has 0 radical (unpaired) electrons. The number of rotatable bonds is 4. The highest BCUT2D eigenvalue weighted by Gasteiger charge is 2.31. The Morgan fingerprint density at radius 2 is 1.73 bits per heavy atom. The molecule has 0 aliphatic carbocycles. The van der Waals surface area contributed by atoms with Crippen molar-refractivity contribution >= 4 is 23.1 Å². The lowest BCUT2D eigenvalue weighted by atomic mass is 9.96. The monoisotopic (exact) mass is 412 g/mol. The summed E-state index contributed by atoms with van der Waals surface area (Å²) >= 11 is 0. The number of anilines is 1. The number of nitrogens with zero attached hydrogens (tertiary/aromatic N) is 6. The van der Waals surface area contributed by atoms with E-state index in [0.29, 0.717) is 18.4 Å². The standard InChI is InChI=1S/C22H32N6O2/c1-22(2,3)16-26-11-9-25(10-12-26)15-17-5-8-28-18(13-17)19(14-23-28)27-7-6-20(29)24(4)21(27)30/h5,8,13-14H,6-7,9-12,15-16H2,1-4H3. The predicted molar refractivity (Wildman–Crippen MR) is 116 cm³/mol. The van der Waals surface area contributed by atoms with Gasteiger partial charge < -0.3 is 4.90 Å². The second-order valence-corrected chi connectivity index (χ2v) is 9.64. The number of carbonyl (C=O) groups is 2. The van der Waals surface area contributed by atoms with E-state index in [0.717, 1.165) is 50.5 Å². The van der Waals surface area contributed by atoms with Gasteiger partial charge in [0.25, 0.3) is 0 Å². The molecule has 0 N–H and O–H groups in total. The van der Waals surface area contributed by atoms with Crippen LogP contribution in [0.3, 0.4) is 0 Å². The molecule has 2 aliphatic rings. The van der Waals surface area contributed by atoms with E-state index in [1.807, 2.05) is 6.20 Å². The molecule has 0 unspecified atom stereocenters. The van der Waals surface area contributed by atoms with Gasteiger partial charge in [0.15, 0.2) is 0 Å². The number of fused-ring (bicyclic) bond motifs is 1. The van der Waals surface area contributed by atoms with Crippen molar-refractivity contribution in [1.82, 2.24) is 24.3 Å². The Balaban J connectivity index is 1.46. The van der Waals surface area contributed by atoms with Gasteiger partial charge in [0.05, 0.1) is 17.4 Å². The van der Waals surface area contributed by atoms with Gasteiger partial charge in [-0.05, 0) is 23.1 Å². The van der Waals surface area contributed by atoms with E-state index in [4.69, 9.17) is 0 Å². The van der Waals surface area contributed by atoms with Crippen LogP contribution in [0, 0.1) is 5.41 Å². The Morgan fingerprint density at radius 3 is 2.43 bits per heavy atom. The van der Waals surface area contributed by atoms with E-state index < -0.39 is 0 Å². The average molecular weight is 413 g/mol. The Morgan fingerprint density at radius 1 is 1.03 bits per heavy atom. The van der Waals surface area contributed by atoms with Crippen LogP contribution >= 0.6 is 0 Å². The van der Waals surface area contributed by atoms with Gasteiger partial charge >= 0.3 is 6.03 Å². The molecule has 2 fully saturated rings. The van der Waals surface area contributed by atoms with Crippen LogP contribution < -0.4 is 4.90 Å². The number of pyridine rings is 1. The van der Waals surface area contributed by atoms with Crippen molar-refractivity contribution in [2.75, 3.05) is 51.2 Å². The van der Waals surface area contributed by atoms with Crippen molar-refractivity contribution in [2.45, 2.75) is 33.7 Å². The largest absolute Gasteiger partial charge is 0.331 e. The van der Waals surface area contributed by atoms with E-state index in [1.54, 1.807) is 15.6 Å². The van der Waals surface area contributed by atoms with Crippen molar-refractivity contribution in [3.63, 3.8) is 0 Å². The van der Waals surface area contributed by atoms with E-state index in [1.165, 1.54) is 17.5 Å². The minimum absolute atomic E-state index is 0.140. The lowest BCUT2D eigenvalue weighted by Crippen LogP contribution is -2.50. The minimum atomic E-state index is -0.290. The molecule has 0 aromatic carbocycles. The van der Waals surface area contributed by atoms with Gasteiger partial charge in [-0.1, -0.05) is 20.8 Å². The number of piperazine rings is 1. The summed E-state index contributed by atoms with van der Waals surface area (Å²) in [5.74, 6) is -0.140. The van der Waals surface area contributed by atoms with Gasteiger partial charge in [0, 0.05) is 65.5 Å². The van der Waals surface area contributed by atoms with E-state index >= 15 is 0 Å². The third-order valence-corrected chi connectivity index (χ3v) is 5.87. The molecule has 2 saturated heterocycles. The van der Waals surface area contributed by atoms with E-state index in [9.17, 15) is 9.59 Å². The molecule has 4 rings (SSSR count). The summed E-state index contributed by atoms with van der Waals surface area (Å²) in [6.07, 6.45) is 4.00.